The summed E-state index contributed by atoms with van der Waals surface area (Å²) in [5.74, 6) is 0.257. The van der Waals surface area contributed by atoms with Crippen molar-refractivity contribution >= 4 is 23.1 Å². The lowest BCUT2D eigenvalue weighted by molar-refractivity contribution is -0.145. The van der Waals surface area contributed by atoms with Gasteiger partial charge in [0.25, 0.3) is 5.56 Å². The Balaban J connectivity index is 1.46. The van der Waals surface area contributed by atoms with E-state index in [0.29, 0.717) is 25.1 Å². The number of ether oxygens (including phenoxy) is 1. The second-order valence-electron chi connectivity index (χ2n) is 11.0. The average molecular weight is 548 g/mol. The predicted octanol–water partition coefficient (Wildman–Crippen LogP) is 6.35. The van der Waals surface area contributed by atoms with Crippen molar-refractivity contribution in [3.63, 3.8) is 0 Å². The van der Waals surface area contributed by atoms with E-state index < -0.39 is 0 Å². The number of unbranched alkanes of at least 4 members (excludes halogenated alkanes) is 16. The summed E-state index contributed by atoms with van der Waals surface area (Å²) < 4.78 is 5.48. The van der Waals surface area contributed by atoms with E-state index in [1.807, 2.05) is 0 Å². The molecule has 0 aliphatic heterocycles. The standard InChI is InChI=1S/C30H53N5O4/c1-2-3-4-5-6-7-8-9-10-11-12-13-14-15-16-17-18-19-26(37)39-23-24(20-21-36)22-25-32-27-28(33-25)34-30(31)35-29(27)38/h24,36H,2-23H2,1H3,(H4,31,32,33,34,35,38). The molecule has 1 unspecified atom stereocenters. The molecule has 2 aromatic rings. The molecule has 2 rings (SSSR count). The molecule has 0 fully saturated rings. The van der Waals surface area contributed by atoms with E-state index in [1.54, 1.807) is 0 Å². The molecule has 2 heterocycles. The van der Waals surface area contributed by atoms with Crippen molar-refractivity contribution in [1.29, 1.82) is 0 Å². The first-order valence-electron chi connectivity index (χ1n) is 15.5. The predicted molar refractivity (Wildman–Crippen MR) is 158 cm³/mol. The summed E-state index contributed by atoms with van der Waals surface area (Å²) >= 11 is 0. The molecule has 0 aliphatic rings. The van der Waals surface area contributed by atoms with Gasteiger partial charge >= 0.3 is 5.97 Å². The number of nitrogens with two attached hydrogens (primary N) is 1. The minimum absolute atomic E-state index is 0.00994. The number of aliphatic hydroxyl groups excluding tert-OH is 1. The number of anilines is 1. The number of nitrogens with zero attached hydrogens (tertiary/aromatic N) is 2. The van der Waals surface area contributed by atoms with Gasteiger partial charge in [-0.2, -0.15) is 4.98 Å². The Kier molecular flexibility index (Phi) is 17.2. The number of carbonyl (C=O) groups excluding carboxylic acids is 1. The van der Waals surface area contributed by atoms with Crippen LogP contribution in [-0.4, -0.2) is 44.2 Å². The molecule has 0 bridgehead atoms. The molecular formula is C30H53N5O4. The Labute approximate surface area is 234 Å². The maximum absolute atomic E-state index is 12.2. The van der Waals surface area contributed by atoms with Crippen LogP contribution in [0.3, 0.4) is 0 Å². The maximum atomic E-state index is 12.2. The Morgan fingerprint density at radius 2 is 1.38 bits per heavy atom. The summed E-state index contributed by atoms with van der Waals surface area (Å²) in [7, 11) is 0. The van der Waals surface area contributed by atoms with Crippen molar-refractivity contribution in [3.05, 3.63) is 16.2 Å². The van der Waals surface area contributed by atoms with Gasteiger partial charge in [0.2, 0.25) is 5.95 Å². The monoisotopic (exact) mass is 547 g/mol. The molecule has 0 radical (unpaired) electrons. The maximum Gasteiger partial charge on any atom is 0.305 e. The van der Waals surface area contributed by atoms with Crippen molar-refractivity contribution in [2.45, 2.75) is 135 Å². The fourth-order valence-corrected chi connectivity index (χ4v) is 5.05. The quantitative estimate of drug-likeness (QED) is 0.0883. The second-order valence-corrected chi connectivity index (χ2v) is 11.0. The average Bonchev–Trinajstić information content (AvgIpc) is 3.31. The van der Waals surface area contributed by atoms with Crippen LogP contribution in [0.1, 0.15) is 135 Å². The number of rotatable bonds is 24. The number of fused-ring (bicyclic) bond motifs is 1. The third kappa shape index (κ3) is 14.5. The van der Waals surface area contributed by atoms with Crippen molar-refractivity contribution in [2.75, 3.05) is 18.9 Å². The molecule has 0 aromatic carbocycles. The molecule has 222 valence electrons. The van der Waals surface area contributed by atoms with Gasteiger partial charge in [0, 0.05) is 25.4 Å². The summed E-state index contributed by atoms with van der Waals surface area (Å²) in [6, 6.07) is 0. The normalized spacial score (nSPS) is 12.3. The molecule has 0 spiro atoms. The minimum atomic E-state index is -0.379. The molecule has 0 saturated carbocycles. The van der Waals surface area contributed by atoms with Crippen molar-refractivity contribution in [2.24, 2.45) is 5.92 Å². The van der Waals surface area contributed by atoms with Crippen molar-refractivity contribution in [3.8, 4) is 0 Å². The number of nitrogens with one attached hydrogen (secondary N) is 2. The van der Waals surface area contributed by atoms with Gasteiger partial charge in [-0.05, 0) is 12.8 Å². The lowest BCUT2D eigenvalue weighted by Gasteiger charge is -2.14. The van der Waals surface area contributed by atoms with Gasteiger partial charge in [-0.3, -0.25) is 14.6 Å². The SMILES string of the molecule is CCCCCCCCCCCCCCCCCCCC(=O)OCC(CCO)Cc1nc2nc(N)[nH]c(=O)c2[nH]1. The van der Waals surface area contributed by atoms with Gasteiger partial charge in [0.05, 0.1) is 6.61 Å². The minimum Gasteiger partial charge on any atom is -0.465 e. The number of aliphatic hydroxyl groups is 1. The second kappa shape index (κ2) is 20.5. The van der Waals surface area contributed by atoms with Gasteiger partial charge < -0.3 is 20.6 Å². The highest BCUT2D eigenvalue weighted by Gasteiger charge is 2.16. The number of esters is 1. The molecule has 0 amide bonds. The third-order valence-electron chi connectivity index (χ3n) is 7.41. The Morgan fingerprint density at radius 1 is 0.846 bits per heavy atom. The lowest BCUT2D eigenvalue weighted by Crippen LogP contribution is -2.18. The molecule has 39 heavy (non-hydrogen) atoms. The summed E-state index contributed by atoms with van der Waals surface area (Å²) in [5.41, 5.74) is 5.71. The highest BCUT2D eigenvalue weighted by Crippen LogP contribution is 2.16. The van der Waals surface area contributed by atoms with Crippen LogP contribution in [0.5, 0.6) is 0 Å². The van der Waals surface area contributed by atoms with E-state index in [2.05, 4.69) is 26.9 Å². The number of H-pyrrole nitrogens is 2. The molecule has 0 saturated heterocycles. The zero-order valence-corrected chi connectivity index (χ0v) is 24.3. The van der Waals surface area contributed by atoms with Crippen LogP contribution in [0.25, 0.3) is 11.2 Å². The van der Waals surface area contributed by atoms with Crippen LogP contribution in [0, 0.1) is 5.92 Å². The van der Waals surface area contributed by atoms with Crippen LogP contribution < -0.4 is 11.3 Å². The van der Waals surface area contributed by atoms with Gasteiger partial charge in [0.1, 0.15) is 5.82 Å². The van der Waals surface area contributed by atoms with E-state index in [4.69, 9.17) is 10.5 Å². The Bertz CT molecular complexity index is 974. The Hall–Kier alpha value is -2.42. The van der Waals surface area contributed by atoms with Crippen molar-refractivity contribution in [1.82, 2.24) is 19.9 Å². The van der Waals surface area contributed by atoms with Crippen LogP contribution in [-0.2, 0) is 16.0 Å². The number of carbonyl (C=O) groups is 1. The van der Waals surface area contributed by atoms with Gasteiger partial charge in [-0.15, -0.1) is 0 Å². The third-order valence-corrected chi connectivity index (χ3v) is 7.41. The molecule has 9 heteroatoms. The lowest BCUT2D eigenvalue weighted by atomic mass is 10.0. The molecule has 1 atom stereocenters. The van der Waals surface area contributed by atoms with Crippen LogP contribution in [0.4, 0.5) is 5.95 Å². The molecule has 0 aliphatic carbocycles. The van der Waals surface area contributed by atoms with E-state index >= 15 is 0 Å². The van der Waals surface area contributed by atoms with Crippen LogP contribution in [0.2, 0.25) is 0 Å². The number of aromatic nitrogens is 4. The highest BCUT2D eigenvalue weighted by atomic mass is 16.5. The molecule has 5 N–H and O–H groups in total. The van der Waals surface area contributed by atoms with Crippen LogP contribution >= 0.6 is 0 Å². The van der Waals surface area contributed by atoms with Gasteiger partial charge in [-0.25, -0.2) is 4.98 Å². The number of hydrogen-bond acceptors (Lipinski definition) is 7. The Morgan fingerprint density at radius 3 is 1.92 bits per heavy atom. The fourth-order valence-electron chi connectivity index (χ4n) is 5.05. The smallest absolute Gasteiger partial charge is 0.305 e. The number of aromatic amines is 2. The first-order chi connectivity index (χ1) is 19.0. The first-order valence-corrected chi connectivity index (χ1v) is 15.5. The zero-order chi connectivity index (χ0) is 28.1. The largest absolute Gasteiger partial charge is 0.465 e. The first kappa shape index (κ1) is 32.8. The van der Waals surface area contributed by atoms with Gasteiger partial charge in [0.15, 0.2) is 11.2 Å². The molecule has 2 aromatic heterocycles. The number of hydrogen-bond donors (Lipinski definition) is 4. The number of imidazole rings is 1. The van der Waals surface area contributed by atoms with Crippen molar-refractivity contribution < 1.29 is 14.6 Å². The van der Waals surface area contributed by atoms with Gasteiger partial charge in [-0.1, -0.05) is 110 Å². The van der Waals surface area contributed by atoms with Crippen LogP contribution in [0.15, 0.2) is 4.79 Å². The van der Waals surface area contributed by atoms with E-state index in [-0.39, 0.29) is 47.8 Å². The molecular weight excluding hydrogens is 494 g/mol. The zero-order valence-electron chi connectivity index (χ0n) is 24.3. The topological polar surface area (TPSA) is 147 Å². The fraction of sp³-hybridized carbons (Fsp3) is 0.800. The highest BCUT2D eigenvalue weighted by molar-refractivity contribution is 5.70. The van der Waals surface area contributed by atoms with E-state index in [0.717, 1.165) is 12.8 Å². The number of nitrogen functional groups attached to an aromatic ring is 1. The summed E-state index contributed by atoms with van der Waals surface area (Å²) in [4.78, 5) is 37.9. The summed E-state index contributed by atoms with van der Waals surface area (Å²) in [6.07, 6.45) is 23.6. The van der Waals surface area contributed by atoms with E-state index in [1.165, 1.54) is 96.3 Å². The van der Waals surface area contributed by atoms with E-state index in [9.17, 15) is 14.7 Å². The summed E-state index contributed by atoms with van der Waals surface area (Å²) in [6.45, 7) is 2.46. The molecule has 9 nitrogen and oxygen atoms in total. The summed E-state index contributed by atoms with van der Waals surface area (Å²) in [5, 5.41) is 9.41.